The molecule has 6 nitrogen and oxygen atoms in total. The summed E-state index contributed by atoms with van der Waals surface area (Å²) < 4.78 is 11.9. The number of ether oxygens (including phenoxy) is 2. The third-order valence-electron chi connectivity index (χ3n) is 3.97. The highest BCUT2D eigenvalue weighted by molar-refractivity contribution is 9.10. The second-order valence-electron chi connectivity index (χ2n) is 6.02. The van der Waals surface area contributed by atoms with Crippen LogP contribution in [0.25, 0.3) is 0 Å². The van der Waals surface area contributed by atoms with Crippen LogP contribution < -0.4 is 10.6 Å². The quantitative estimate of drug-likeness (QED) is 0.609. The smallest absolute Gasteiger partial charge is 0.251 e. The van der Waals surface area contributed by atoms with E-state index in [1.807, 2.05) is 12.1 Å². The lowest BCUT2D eigenvalue weighted by Crippen LogP contribution is -2.37. The Labute approximate surface area is 156 Å². The molecule has 0 spiro atoms. The predicted octanol–water partition coefficient (Wildman–Crippen LogP) is 2.27. The Hall–Kier alpha value is -1.44. The van der Waals surface area contributed by atoms with Gasteiger partial charge in [0.15, 0.2) is 0 Å². The highest BCUT2D eigenvalue weighted by atomic mass is 79.9. The van der Waals surface area contributed by atoms with E-state index in [4.69, 9.17) is 9.47 Å². The van der Waals surface area contributed by atoms with Gasteiger partial charge in [-0.25, -0.2) is 0 Å². The molecule has 0 radical (unpaired) electrons. The van der Waals surface area contributed by atoms with E-state index in [-0.39, 0.29) is 17.9 Å². The summed E-state index contributed by atoms with van der Waals surface area (Å²) in [5, 5.41) is 5.65. The predicted molar refractivity (Wildman–Crippen MR) is 98.5 cm³/mol. The van der Waals surface area contributed by atoms with Crippen LogP contribution in [0.3, 0.4) is 0 Å². The first-order valence-electron chi connectivity index (χ1n) is 8.61. The number of nitrogens with one attached hydrogen (secondary N) is 2. The van der Waals surface area contributed by atoms with Crippen LogP contribution in [0.1, 0.15) is 36.5 Å². The van der Waals surface area contributed by atoms with Crippen molar-refractivity contribution < 1.29 is 19.1 Å². The van der Waals surface area contributed by atoms with Gasteiger partial charge in [0.2, 0.25) is 5.91 Å². The summed E-state index contributed by atoms with van der Waals surface area (Å²) in [6, 6.07) is 7.17. The molecule has 25 heavy (non-hydrogen) atoms. The molecule has 138 valence electrons. The first kappa shape index (κ1) is 19.9. The Morgan fingerprint density at radius 1 is 1.28 bits per heavy atom. The van der Waals surface area contributed by atoms with Gasteiger partial charge in [-0.15, -0.1) is 0 Å². The fraction of sp³-hybridized carbons (Fsp3) is 0.556. The van der Waals surface area contributed by atoms with E-state index in [0.29, 0.717) is 31.7 Å². The number of carbonyl (C=O) groups excluding carboxylic acids is 2. The van der Waals surface area contributed by atoms with Crippen molar-refractivity contribution in [3.8, 4) is 0 Å². The molecule has 1 fully saturated rings. The van der Waals surface area contributed by atoms with Crippen LogP contribution in [-0.4, -0.2) is 50.3 Å². The third-order valence-corrected chi connectivity index (χ3v) is 4.50. The highest BCUT2D eigenvalue weighted by Gasteiger charge is 2.19. The summed E-state index contributed by atoms with van der Waals surface area (Å²) in [5.41, 5.74) is 0.614. The van der Waals surface area contributed by atoms with Gasteiger partial charge in [0.05, 0.1) is 12.7 Å². The first-order chi connectivity index (χ1) is 12.1. The van der Waals surface area contributed by atoms with Gasteiger partial charge in [0.25, 0.3) is 5.91 Å². The van der Waals surface area contributed by atoms with Gasteiger partial charge in [-0.05, 0) is 50.5 Å². The molecular formula is C18H25BrN2O4. The number of benzene rings is 1. The largest absolute Gasteiger partial charge is 0.376 e. The van der Waals surface area contributed by atoms with Crippen molar-refractivity contribution in [3.63, 3.8) is 0 Å². The maximum Gasteiger partial charge on any atom is 0.251 e. The lowest BCUT2D eigenvalue weighted by Gasteiger charge is -2.16. The van der Waals surface area contributed by atoms with Crippen molar-refractivity contribution in [2.45, 2.75) is 38.4 Å². The summed E-state index contributed by atoms with van der Waals surface area (Å²) in [7, 11) is 0. The molecule has 2 atom stereocenters. The molecule has 2 rings (SSSR count). The fourth-order valence-corrected chi connectivity index (χ4v) is 2.72. The zero-order valence-electron chi connectivity index (χ0n) is 14.4. The van der Waals surface area contributed by atoms with Gasteiger partial charge in [-0.2, -0.15) is 0 Å². The summed E-state index contributed by atoms with van der Waals surface area (Å²) >= 11 is 3.33. The number of hydrogen-bond acceptors (Lipinski definition) is 4. The molecular weight excluding hydrogens is 388 g/mol. The van der Waals surface area contributed by atoms with Crippen LogP contribution in [-0.2, 0) is 14.3 Å². The van der Waals surface area contributed by atoms with Gasteiger partial charge < -0.3 is 20.1 Å². The summed E-state index contributed by atoms with van der Waals surface area (Å²) in [5.74, 6) is -0.260. The Morgan fingerprint density at radius 2 is 2.00 bits per heavy atom. The zero-order valence-corrected chi connectivity index (χ0v) is 16.0. The molecule has 1 aromatic carbocycles. The molecule has 0 saturated carbocycles. The molecule has 1 aromatic rings. The van der Waals surface area contributed by atoms with Gasteiger partial charge >= 0.3 is 0 Å². The summed E-state index contributed by atoms with van der Waals surface area (Å²) in [6.45, 7) is 3.96. The Kier molecular flexibility index (Phi) is 8.37. The van der Waals surface area contributed by atoms with Crippen molar-refractivity contribution in [3.05, 3.63) is 34.3 Å². The molecule has 1 saturated heterocycles. The van der Waals surface area contributed by atoms with Crippen molar-refractivity contribution in [2.75, 3.05) is 26.3 Å². The van der Waals surface area contributed by atoms with Crippen molar-refractivity contribution in [1.82, 2.24) is 10.6 Å². The number of carbonyl (C=O) groups is 2. The van der Waals surface area contributed by atoms with Gasteiger partial charge in [-0.3, -0.25) is 9.59 Å². The highest BCUT2D eigenvalue weighted by Crippen LogP contribution is 2.12. The van der Waals surface area contributed by atoms with Crippen molar-refractivity contribution >= 4 is 27.7 Å². The molecule has 0 bridgehead atoms. The Bertz CT molecular complexity index is 559. The van der Waals surface area contributed by atoms with Crippen LogP contribution in [0.4, 0.5) is 0 Å². The second-order valence-corrected chi connectivity index (χ2v) is 6.93. The van der Waals surface area contributed by atoms with E-state index < -0.39 is 6.10 Å². The molecule has 2 amide bonds. The Morgan fingerprint density at radius 3 is 2.68 bits per heavy atom. The molecule has 0 aromatic heterocycles. The molecule has 1 aliphatic rings. The fourth-order valence-electron chi connectivity index (χ4n) is 2.45. The van der Waals surface area contributed by atoms with Crippen molar-refractivity contribution in [1.29, 1.82) is 0 Å². The minimum Gasteiger partial charge on any atom is -0.376 e. The molecule has 2 N–H and O–H groups in total. The van der Waals surface area contributed by atoms with Crippen LogP contribution in [0.15, 0.2) is 28.7 Å². The zero-order chi connectivity index (χ0) is 18.1. The van der Waals surface area contributed by atoms with E-state index >= 15 is 0 Å². The first-order valence-corrected chi connectivity index (χ1v) is 9.40. The average Bonchev–Trinajstić information content (AvgIpc) is 3.13. The summed E-state index contributed by atoms with van der Waals surface area (Å²) in [6.07, 6.45) is 2.32. The number of halogens is 1. The minimum absolute atomic E-state index is 0.115. The van der Waals surface area contributed by atoms with Gasteiger partial charge in [-0.1, -0.05) is 15.9 Å². The van der Waals surface area contributed by atoms with Crippen LogP contribution in [0, 0.1) is 0 Å². The molecule has 1 heterocycles. The maximum absolute atomic E-state index is 11.9. The topological polar surface area (TPSA) is 76.7 Å². The van der Waals surface area contributed by atoms with Gasteiger partial charge in [0, 0.05) is 29.7 Å². The molecule has 1 aliphatic heterocycles. The van der Waals surface area contributed by atoms with E-state index in [9.17, 15) is 9.59 Å². The SMILES string of the molecule is CC(OCC1CCCO1)C(=O)NCCCNC(=O)c1ccc(Br)cc1. The van der Waals surface area contributed by atoms with Gasteiger partial charge in [0.1, 0.15) is 6.10 Å². The average molecular weight is 413 g/mol. The standard InChI is InChI=1S/C18H25BrN2O4/c1-13(25-12-16-4-2-11-24-16)17(22)20-9-3-10-21-18(23)14-5-7-15(19)8-6-14/h5-8,13,16H,2-4,9-12H2,1H3,(H,20,22)(H,21,23). The van der Waals surface area contributed by atoms with E-state index in [1.165, 1.54) is 0 Å². The number of hydrogen-bond donors (Lipinski definition) is 2. The minimum atomic E-state index is -0.499. The summed E-state index contributed by atoms with van der Waals surface area (Å²) in [4.78, 5) is 23.9. The molecule has 0 aliphatic carbocycles. The number of rotatable bonds is 9. The van der Waals surface area contributed by atoms with Crippen LogP contribution >= 0.6 is 15.9 Å². The molecule has 7 heteroatoms. The van der Waals surface area contributed by atoms with E-state index in [1.54, 1.807) is 19.1 Å². The number of amides is 2. The molecule has 2 unspecified atom stereocenters. The maximum atomic E-state index is 11.9. The third kappa shape index (κ3) is 7.13. The van der Waals surface area contributed by atoms with Crippen molar-refractivity contribution in [2.24, 2.45) is 0 Å². The van der Waals surface area contributed by atoms with E-state index in [2.05, 4.69) is 26.6 Å². The van der Waals surface area contributed by atoms with Crippen LogP contribution in [0.5, 0.6) is 0 Å². The second kappa shape index (κ2) is 10.5. The monoisotopic (exact) mass is 412 g/mol. The lowest BCUT2D eigenvalue weighted by molar-refractivity contribution is -0.133. The lowest BCUT2D eigenvalue weighted by atomic mass is 10.2. The Balaban J connectivity index is 1.54. The normalized spacial score (nSPS) is 17.9. The van der Waals surface area contributed by atoms with Crippen LogP contribution in [0.2, 0.25) is 0 Å². The van der Waals surface area contributed by atoms with E-state index in [0.717, 1.165) is 23.9 Å².